The fraction of sp³-hybridized carbons (Fsp3) is 0.300. The highest BCUT2D eigenvalue weighted by Crippen LogP contribution is 2.32. The molecule has 0 atom stereocenters. The van der Waals surface area contributed by atoms with Crippen molar-refractivity contribution in [3.63, 3.8) is 0 Å². The van der Waals surface area contributed by atoms with Crippen molar-refractivity contribution in [3.05, 3.63) is 23.2 Å². The largest absolute Gasteiger partial charge is 0.506 e. The molecule has 1 aromatic rings. The van der Waals surface area contributed by atoms with Gasteiger partial charge in [0.15, 0.2) is 0 Å². The number of esters is 1. The molecule has 1 N–H and O–H groups in total. The monoisotopic (exact) mass is 212 g/mol. The Kier molecular flexibility index (Phi) is 2.33. The van der Waals surface area contributed by atoms with Crippen LogP contribution in [0, 0.1) is 5.92 Å². The van der Waals surface area contributed by atoms with Gasteiger partial charge in [0.25, 0.3) is 0 Å². The predicted molar refractivity (Wildman–Crippen MR) is 51.5 cm³/mol. The first-order chi connectivity index (χ1) is 6.66. The minimum Gasteiger partial charge on any atom is -0.506 e. The van der Waals surface area contributed by atoms with E-state index in [0.717, 1.165) is 12.8 Å². The molecular formula is C10H9ClO3. The highest BCUT2D eigenvalue weighted by molar-refractivity contribution is 6.32. The summed E-state index contributed by atoms with van der Waals surface area (Å²) in [4.78, 5) is 11.2. The van der Waals surface area contributed by atoms with E-state index < -0.39 is 0 Å². The predicted octanol–water partition coefficient (Wildman–Crippen LogP) is 2.36. The number of carbonyl (C=O) groups is 1. The fourth-order valence-electron chi connectivity index (χ4n) is 1.07. The van der Waals surface area contributed by atoms with Crippen LogP contribution in [0.5, 0.6) is 11.5 Å². The third-order valence-corrected chi connectivity index (χ3v) is 2.35. The van der Waals surface area contributed by atoms with E-state index in [4.69, 9.17) is 21.4 Å². The molecule has 1 aliphatic rings. The van der Waals surface area contributed by atoms with Gasteiger partial charge in [0.05, 0.1) is 10.9 Å². The smallest absolute Gasteiger partial charge is 0.314 e. The van der Waals surface area contributed by atoms with Gasteiger partial charge in [-0.05, 0) is 25.0 Å². The lowest BCUT2D eigenvalue weighted by Crippen LogP contribution is -2.09. The molecule has 3 nitrogen and oxygen atoms in total. The zero-order chi connectivity index (χ0) is 10.1. The van der Waals surface area contributed by atoms with Crippen LogP contribution in [0.1, 0.15) is 12.8 Å². The quantitative estimate of drug-likeness (QED) is 0.605. The summed E-state index contributed by atoms with van der Waals surface area (Å²) in [5, 5.41) is 9.31. The van der Waals surface area contributed by atoms with Crippen LogP contribution in [0.4, 0.5) is 0 Å². The number of aromatic hydroxyl groups is 1. The van der Waals surface area contributed by atoms with Crippen LogP contribution in [-0.4, -0.2) is 11.1 Å². The second-order valence-electron chi connectivity index (χ2n) is 3.31. The number of ether oxygens (including phenoxy) is 1. The standard InChI is InChI=1S/C10H9ClO3/c11-8-5-7(3-4-9(8)12)14-10(13)6-1-2-6/h3-6,12H,1-2H2. The zero-order valence-corrected chi connectivity index (χ0v) is 8.12. The Morgan fingerprint density at radius 1 is 1.50 bits per heavy atom. The maximum absolute atomic E-state index is 11.2. The SMILES string of the molecule is O=C(Oc1ccc(O)c(Cl)c1)C1CC1. The summed E-state index contributed by atoms with van der Waals surface area (Å²) in [6.07, 6.45) is 1.81. The molecule has 14 heavy (non-hydrogen) atoms. The van der Waals surface area contributed by atoms with Gasteiger partial charge < -0.3 is 9.84 Å². The Morgan fingerprint density at radius 3 is 2.79 bits per heavy atom. The lowest BCUT2D eigenvalue weighted by Gasteiger charge is -2.03. The van der Waals surface area contributed by atoms with Crippen molar-refractivity contribution < 1.29 is 14.6 Å². The van der Waals surface area contributed by atoms with E-state index in [2.05, 4.69) is 0 Å². The highest BCUT2D eigenvalue weighted by atomic mass is 35.5. The molecule has 0 spiro atoms. The summed E-state index contributed by atoms with van der Waals surface area (Å²) in [6, 6.07) is 4.34. The van der Waals surface area contributed by atoms with E-state index >= 15 is 0 Å². The van der Waals surface area contributed by atoms with Gasteiger partial charge in [-0.3, -0.25) is 4.79 Å². The van der Waals surface area contributed by atoms with Crippen LogP contribution in [0.25, 0.3) is 0 Å². The molecule has 0 bridgehead atoms. The van der Waals surface area contributed by atoms with Crippen LogP contribution >= 0.6 is 11.6 Å². The van der Waals surface area contributed by atoms with Crippen LogP contribution in [-0.2, 0) is 4.79 Å². The van der Waals surface area contributed by atoms with Gasteiger partial charge in [-0.15, -0.1) is 0 Å². The van der Waals surface area contributed by atoms with Crippen LogP contribution < -0.4 is 4.74 Å². The maximum Gasteiger partial charge on any atom is 0.314 e. The number of hydrogen-bond acceptors (Lipinski definition) is 3. The topological polar surface area (TPSA) is 46.5 Å². The van der Waals surface area contributed by atoms with E-state index in [9.17, 15) is 4.79 Å². The Hall–Kier alpha value is -1.22. The van der Waals surface area contributed by atoms with Crippen molar-refractivity contribution >= 4 is 17.6 Å². The van der Waals surface area contributed by atoms with Gasteiger partial charge in [0.1, 0.15) is 11.5 Å². The fourth-order valence-corrected chi connectivity index (χ4v) is 1.24. The number of benzene rings is 1. The molecule has 4 heteroatoms. The molecule has 0 aromatic heterocycles. The average Bonchev–Trinajstić information content (AvgIpc) is 2.94. The Morgan fingerprint density at radius 2 is 2.21 bits per heavy atom. The van der Waals surface area contributed by atoms with E-state index in [-0.39, 0.29) is 22.7 Å². The molecule has 0 aliphatic heterocycles. The number of carbonyl (C=O) groups excluding carboxylic acids is 1. The Balaban J connectivity index is 2.08. The van der Waals surface area contributed by atoms with E-state index in [0.29, 0.717) is 5.75 Å². The number of rotatable bonds is 2. The summed E-state index contributed by atoms with van der Waals surface area (Å²) in [5.41, 5.74) is 0. The minimum absolute atomic E-state index is 0.0158. The van der Waals surface area contributed by atoms with Gasteiger partial charge in [-0.1, -0.05) is 11.6 Å². The third kappa shape index (κ3) is 1.99. The molecule has 2 rings (SSSR count). The lowest BCUT2D eigenvalue weighted by atomic mass is 10.3. The van der Waals surface area contributed by atoms with Crippen molar-refractivity contribution in [1.29, 1.82) is 0 Å². The van der Waals surface area contributed by atoms with Crippen LogP contribution in [0.3, 0.4) is 0 Å². The van der Waals surface area contributed by atoms with Crippen LogP contribution in [0.15, 0.2) is 18.2 Å². The molecule has 1 aliphatic carbocycles. The van der Waals surface area contributed by atoms with Crippen molar-refractivity contribution in [2.75, 3.05) is 0 Å². The molecule has 1 saturated carbocycles. The Labute approximate surface area is 86.3 Å². The number of phenols is 1. The molecule has 0 unspecified atom stereocenters. The van der Waals surface area contributed by atoms with Gasteiger partial charge >= 0.3 is 5.97 Å². The summed E-state index contributed by atoms with van der Waals surface area (Å²) in [7, 11) is 0. The normalized spacial score (nSPS) is 15.2. The summed E-state index contributed by atoms with van der Waals surface area (Å²) < 4.78 is 5.04. The number of phenolic OH excluding ortho intramolecular Hbond substituents is 1. The average molecular weight is 213 g/mol. The molecule has 0 heterocycles. The molecule has 0 radical (unpaired) electrons. The van der Waals surface area contributed by atoms with Crippen molar-refractivity contribution in [3.8, 4) is 11.5 Å². The van der Waals surface area contributed by atoms with Gasteiger partial charge in [-0.2, -0.15) is 0 Å². The first kappa shape index (κ1) is 9.34. The molecular weight excluding hydrogens is 204 g/mol. The van der Waals surface area contributed by atoms with E-state index in [1.807, 2.05) is 0 Å². The molecule has 1 fully saturated rings. The Bertz CT molecular complexity index is 372. The summed E-state index contributed by atoms with van der Waals surface area (Å²) >= 11 is 5.65. The number of hydrogen-bond donors (Lipinski definition) is 1. The van der Waals surface area contributed by atoms with Gasteiger partial charge in [0.2, 0.25) is 0 Å². The van der Waals surface area contributed by atoms with Crippen molar-refractivity contribution in [2.45, 2.75) is 12.8 Å². The lowest BCUT2D eigenvalue weighted by molar-refractivity contribution is -0.135. The maximum atomic E-state index is 11.2. The second kappa shape index (κ2) is 3.50. The van der Waals surface area contributed by atoms with Gasteiger partial charge in [-0.25, -0.2) is 0 Å². The van der Waals surface area contributed by atoms with Crippen molar-refractivity contribution in [2.24, 2.45) is 5.92 Å². The van der Waals surface area contributed by atoms with E-state index in [1.54, 1.807) is 0 Å². The van der Waals surface area contributed by atoms with Crippen LogP contribution in [0.2, 0.25) is 5.02 Å². The zero-order valence-electron chi connectivity index (χ0n) is 7.37. The summed E-state index contributed by atoms with van der Waals surface area (Å²) in [5.74, 6) is 0.205. The first-order valence-corrected chi connectivity index (χ1v) is 4.75. The minimum atomic E-state index is -0.216. The first-order valence-electron chi connectivity index (χ1n) is 4.37. The van der Waals surface area contributed by atoms with Gasteiger partial charge in [0, 0.05) is 6.07 Å². The molecule has 74 valence electrons. The molecule has 0 saturated heterocycles. The number of halogens is 1. The van der Waals surface area contributed by atoms with E-state index in [1.165, 1.54) is 18.2 Å². The summed E-state index contributed by atoms with van der Waals surface area (Å²) in [6.45, 7) is 0. The third-order valence-electron chi connectivity index (χ3n) is 2.05. The molecule has 1 aromatic carbocycles. The van der Waals surface area contributed by atoms with Crippen molar-refractivity contribution in [1.82, 2.24) is 0 Å². The molecule has 0 amide bonds. The second-order valence-corrected chi connectivity index (χ2v) is 3.72. The highest BCUT2D eigenvalue weighted by Gasteiger charge is 2.31.